The highest BCUT2D eigenvalue weighted by atomic mass is 32.2. The molecule has 29 heavy (non-hydrogen) atoms. The predicted octanol–water partition coefficient (Wildman–Crippen LogP) is 4.02. The Hall–Kier alpha value is -2.83. The highest BCUT2D eigenvalue weighted by Crippen LogP contribution is 2.35. The number of rotatable bonds is 5. The number of fused-ring (bicyclic) bond motifs is 2. The molecule has 0 bridgehead atoms. The molecule has 0 saturated heterocycles. The Morgan fingerprint density at radius 2 is 2.10 bits per heavy atom. The number of amidine groups is 1. The van der Waals surface area contributed by atoms with Gasteiger partial charge in [0.05, 0.1) is 11.8 Å². The monoisotopic (exact) mass is 401 g/mol. The number of nitrogens with one attached hydrogen (secondary N) is 2. The van der Waals surface area contributed by atoms with Crippen molar-refractivity contribution < 1.29 is 0 Å². The molecular weight excluding hydrogens is 378 g/mol. The van der Waals surface area contributed by atoms with E-state index in [-0.39, 0.29) is 6.04 Å². The summed E-state index contributed by atoms with van der Waals surface area (Å²) in [4.78, 5) is 12.2. The molecule has 6 heteroatoms. The molecule has 5 rings (SSSR count). The highest BCUT2D eigenvalue weighted by molar-refractivity contribution is 8.14. The number of nitrogens with zero attached hydrogens (tertiary/aromatic N) is 2. The zero-order chi connectivity index (χ0) is 19.6. The molecule has 0 aliphatic carbocycles. The summed E-state index contributed by atoms with van der Waals surface area (Å²) < 4.78 is 0. The second kappa shape index (κ2) is 7.89. The fraction of sp³-hybridized carbons (Fsp3) is 0.217. The van der Waals surface area contributed by atoms with Crippen LogP contribution in [0.2, 0.25) is 0 Å². The number of aromatic amines is 1. The van der Waals surface area contributed by atoms with Gasteiger partial charge in [0.25, 0.3) is 0 Å². The van der Waals surface area contributed by atoms with Gasteiger partial charge in [0, 0.05) is 47.5 Å². The van der Waals surface area contributed by atoms with Crippen LogP contribution in [0.15, 0.2) is 72.1 Å². The molecule has 3 heterocycles. The van der Waals surface area contributed by atoms with Crippen molar-refractivity contribution in [2.75, 3.05) is 13.1 Å². The number of aromatic nitrogens is 2. The Kier molecular flexibility index (Phi) is 4.96. The maximum Gasteiger partial charge on any atom is 0.157 e. The van der Waals surface area contributed by atoms with Crippen LogP contribution in [0.5, 0.6) is 0 Å². The van der Waals surface area contributed by atoms with E-state index in [4.69, 9.17) is 5.73 Å². The van der Waals surface area contributed by atoms with E-state index in [0.29, 0.717) is 11.8 Å². The lowest BCUT2D eigenvalue weighted by Crippen LogP contribution is -2.37. The third-order valence-electron chi connectivity index (χ3n) is 5.36. The first-order valence-corrected chi connectivity index (χ1v) is 10.7. The van der Waals surface area contributed by atoms with Gasteiger partial charge in [0.2, 0.25) is 0 Å². The first kappa shape index (κ1) is 18.2. The molecule has 2 aromatic heterocycles. The molecule has 0 saturated carbocycles. The number of hydrogen-bond acceptors (Lipinski definition) is 5. The summed E-state index contributed by atoms with van der Waals surface area (Å²) >= 11 is 1.79. The molecule has 0 amide bonds. The molecule has 4 N–H and O–H groups in total. The van der Waals surface area contributed by atoms with E-state index < -0.39 is 0 Å². The molecule has 0 spiro atoms. The molecular formula is C23H23N5S. The summed E-state index contributed by atoms with van der Waals surface area (Å²) in [6.45, 7) is 1.50. The SMILES string of the molecule is N[C@H](CNC1=NCC(c2ccc3cnccc3c2)S1)Cc1c[nH]c2ccccc12. The molecule has 2 aromatic carbocycles. The van der Waals surface area contributed by atoms with Crippen molar-refractivity contribution in [3.63, 3.8) is 0 Å². The maximum atomic E-state index is 6.40. The minimum Gasteiger partial charge on any atom is -0.363 e. The topological polar surface area (TPSA) is 79.1 Å². The van der Waals surface area contributed by atoms with Crippen molar-refractivity contribution in [2.24, 2.45) is 10.7 Å². The van der Waals surface area contributed by atoms with Gasteiger partial charge < -0.3 is 16.0 Å². The Balaban J connectivity index is 1.17. The van der Waals surface area contributed by atoms with Gasteiger partial charge >= 0.3 is 0 Å². The standard InChI is InChI=1S/C23H23N5S/c24-19(10-18-12-26-21-4-2-1-3-20(18)21)13-27-23-28-14-22(29-23)16-5-6-17-11-25-8-7-15(17)9-16/h1-9,11-12,19,22,26H,10,13-14,24H2,(H,27,28)/t19-,22?/m0/s1. The van der Waals surface area contributed by atoms with E-state index >= 15 is 0 Å². The molecule has 146 valence electrons. The molecule has 1 aliphatic rings. The van der Waals surface area contributed by atoms with Crippen LogP contribution in [0.3, 0.4) is 0 Å². The van der Waals surface area contributed by atoms with Crippen LogP contribution >= 0.6 is 11.8 Å². The van der Waals surface area contributed by atoms with E-state index in [2.05, 4.69) is 68.9 Å². The minimum absolute atomic E-state index is 0.0322. The normalized spacial score (nSPS) is 17.6. The lowest BCUT2D eigenvalue weighted by atomic mass is 10.1. The van der Waals surface area contributed by atoms with E-state index in [9.17, 15) is 0 Å². The van der Waals surface area contributed by atoms with Crippen LogP contribution in [0, 0.1) is 0 Å². The van der Waals surface area contributed by atoms with Crippen LogP contribution in [-0.2, 0) is 6.42 Å². The zero-order valence-electron chi connectivity index (χ0n) is 16.0. The van der Waals surface area contributed by atoms with Crippen LogP contribution in [0.25, 0.3) is 21.7 Å². The van der Waals surface area contributed by atoms with Crippen molar-refractivity contribution in [3.8, 4) is 0 Å². The Bertz CT molecular complexity index is 1180. The average molecular weight is 402 g/mol. The van der Waals surface area contributed by atoms with Gasteiger partial charge in [0.15, 0.2) is 5.17 Å². The lowest BCUT2D eigenvalue weighted by Gasteiger charge is -2.14. The number of thioether (sulfide) groups is 1. The number of hydrogen-bond donors (Lipinski definition) is 3. The maximum absolute atomic E-state index is 6.40. The summed E-state index contributed by atoms with van der Waals surface area (Å²) in [5.41, 5.74) is 10.1. The number of benzene rings is 2. The molecule has 0 fully saturated rings. The minimum atomic E-state index is 0.0322. The number of aliphatic imine (C=N–C) groups is 1. The van der Waals surface area contributed by atoms with E-state index in [1.54, 1.807) is 11.8 Å². The smallest absolute Gasteiger partial charge is 0.157 e. The summed E-state index contributed by atoms with van der Waals surface area (Å²) in [5.74, 6) is 0. The van der Waals surface area contributed by atoms with Crippen molar-refractivity contribution in [1.82, 2.24) is 15.3 Å². The van der Waals surface area contributed by atoms with E-state index in [0.717, 1.165) is 23.6 Å². The van der Waals surface area contributed by atoms with Gasteiger partial charge in [0.1, 0.15) is 0 Å². The Labute approximate surface area is 173 Å². The third kappa shape index (κ3) is 3.86. The predicted molar refractivity (Wildman–Crippen MR) is 122 cm³/mol. The van der Waals surface area contributed by atoms with Crippen LogP contribution in [0.4, 0.5) is 0 Å². The lowest BCUT2D eigenvalue weighted by molar-refractivity contribution is 0.648. The van der Waals surface area contributed by atoms with Gasteiger partial charge in [-0.2, -0.15) is 0 Å². The molecule has 1 aliphatic heterocycles. The Morgan fingerprint density at radius 3 is 3.07 bits per heavy atom. The number of para-hydroxylation sites is 1. The number of H-pyrrole nitrogens is 1. The van der Waals surface area contributed by atoms with Gasteiger partial charge in [-0.1, -0.05) is 42.1 Å². The first-order valence-electron chi connectivity index (χ1n) is 9.85. The van der Waals surface area contributed by atoms with E-state index in [1.165, 1.54) is 27.3 Å². The summed E-state index contributed by atoms with van der Waals surface area (Å²) in [5, 5.41) is 8.42. The second-order valence-corrected chi connectivity index (χ2v) is 8.63. The number of nitrogens with two attached hydrogens (primary N) is 1. The summed E-state index contributed by atoms with van der Waals surface area (Å²) in [6, 6.07) is 17.0. The summed E-state index contributed by atoms with van der Waals surface area (Å²) in [7, 11) is 0. The van der Waals surface area contributed by atoms with Crippen molar-refractivity contribution in [2.45, 2.75) is 17.7 Å². The molecule has 1 unspecified atom stereocenters. The fourth-order valence-corrected chi connectivity index (χ4v) is 4.84. The molecule has 4 aromatic rings. The average Bonchev–Trinajstić information content (AvgIpc) is 3.40. The zero-order valence-corrected chi connectivity index (χ0v) is 16.8. The molecule has 0 radical (unpaired) electrons. The van der Waals surface area contributed by atoms with Crippen LogP contribution in [0.1, 0.15) is 16.4 Å². The second-order valence-electron chi connectivity index (χ2n) is 7.44. The van der Waals surface area contributed by atoms with Gasteiger partial charge in [-0.05, 0) is 41.1 Å². The molecule has 5 nitrogen and oxygen atoms in total. The third-order valence-corrected chi connectivity index (χ3v) is 6.57. The summed E-state index contributed by atoms with van der Waals surface area (Å²) in [6.07, 6.45) is 6.64. The number of pyridine rings is 1. The van der Waals surface area contributed by atoms with Gasteiger partial charge in [-0.3, -0.25) is 9.98 Å². The van der Waals surface area contributed by atoms with Gasteiger partial charge in [-0.15, -0.1) is 0 Å². The van der Waals surface area contributed by atoms with Crippen LogP contribution < -0.4 is 11.1 Å². The highest BCUT2D eigenvalue weighted by Gasteiger charge is 2.22. The molecule has 2 atom stereocenters. The Morgan fingerprint density at radius 1 is 1.17 bits per heavy atom. The van der Waals surface area contributed by atoms with Gasteiger partial charge in [-0.25, -0.2) is 0 Å². The van der Waals surface area contributed by atoms with Crippen molar-refractivity contribution >= 4 is 38.6 Å². The van der Waals surface area contributed by atoms with E-state index in [1.807, 2.05) is 18.5 Å². The van der Waals surface area contributed by atoms with Crippen molar-refractivity contribution in [1.29, 1.82) is 0 Å². The van der Waals surface area contributed by atoms with Crippen molar-refractivity contribution in [3.05, 3.63) is 78.2 Å². The first-order chi connectivity index (χ1) is 14.3. The fourth-order valence-electron chi connectivity index (χ4n) is 3.82. The largest absolute Gasteiger partial charge is 0.363 e. The quantitative estimate of drug-likeness (QED) is 0.472. The van der Waals surface area contributed by atoms with Crippen LogP contribution in [-0.4, -0.2) is 34.3 Å².